The molecule has 0 amide bonds. The monoisotopic (exact) mass is 586 g/mol. The van der Waals surface area contributed by atoms with Gasteiger partial charge in [-0.3, -0.25) is 0 Å². The van der Waals surface area contributed by atoms with Crippen LogP contribution in [0.5, 0.6) is 0 Å². The molecule has 1 heterocycles. The van der Waals surface area contributed by atoms with E-state index in [1.54, 1.807) is 0 Å². The summed E-state index contributed by atoms with van der Waals surface area (Å²) in [5.41, 5.74) is 13.4. The molecule has 0 fully saturated rings. The second kappa shape index (κ2) is 12.1. The normalized spacial score (nSPS) is 11.0. The minimum atomic E-state index is 0.721. The molecule has 2 heteroatoms. The highest BCUT2D eigenvalue weighted by Crippen LogP contribution is 2.35. The van der Waals surface area contributed by atoms with Crippen LogP contribution in [0.2, 0.25) is 0 Å². The van der Waals surface area contributed by atoms with E-state index in [1.807, 2.05) is 18.2 Å². The quantitative estimate of drug-likeness (QED) is 0.194. The molecule has 0 saturated carbocycles. The summed E-state index contributed by atoms with van der Waals surface area (Å²) in [6, 6.07) is 64.1. The van der Waals surface area contributed by atoms with Gasteiger partial charge in [-0.2, -0.15) is 0 Å². The van der Waals surface area contributed by atoms with Crippen LogP contribution in [0.3, 0.4) is 0 Å². The minimum absolute atomic E-state index is 0.721. The zero-order valence-electron chi connectivity index (χ0n) is 25.2. The van der Waals surface area contributed by atoms with Gasteiger partial charge in [-0.15, -0.1) is 0 Å². The molecular weight excluding hydrogens is 556 g/mol. The molecule has 8 rings (SSSR count). The smallest absolute Gasteiger partial charge is 0.160 e. The van der Waals surface area contributed by atoms with Crippen molar-refractivity contribution < 1.29 is 0 Å². The average molecular weight is 587 g/mol. The van der Waals surface area contributed by atoms with Crippen molar-refractivity contribution >= 4 is 10.9 Å². The number of nitrogens with zero attached hydrogens (tertiary/aromatic N) is 2. The first-order valence-electron chi connectivity index (χ1n) is 15.6. The molecular formula is C44H30N2. The van der Waals surface area contributed by atoms with Gasteiger partial charge >= 0.3 is 0 Å². The zero-order chi connectivity index (χ0) is 30.7. The van der Waals surface area contributed by atoms with Gasteiger partial charge in [0.15, 0.2) is 5.82 Å². The zero-order valence-corrected chi connectivity index (χ0v) is 25.2. The van der Waals surface area contributed by atoms with Crippen LogP contribution < -0.4 is 0 Å². The van der Waals surface area contributed by atoms with E-state index in [0.717, 1.165) is 44.7 Å². The molecule has 0 aliphatic carbocycles. The Labute approximate surface area is 269 Å². The fourth-order valence-corrected chi connectivity index (χ4v) is 6.13. The number of hydrogen-bond donors (Lipinski definition) is 0. The molecule has 0 N–H and O–H groups in total. The van der Waals surface area contributed by atoms with Crippen LogP contribution in [-0.2, 0) is 0 Å². The molecule has 0 unspecified atom stereocenters. The highest BCUT2D eigenvalue weighted by atomic mass is 14.9. The summed E-state index contributed by atoms with van der Waals surface area (Å²) in [5, 5.41) is 1.05. The molecule has 7 aromatic carbocycles. The SMILES string of the molecule is c1ccc(-c2cc(-c3ccccc3)cc(-c3cccc(-c4cccc(-c5nc(-c6ccccc6)c6ccccc6n5)c4)c3)c2)cc1. The second-order valence-electron chi connectivity index (χ2n) is 11.5. The maximum Gasteiger partial charge on any atom is 0.160 e. The van der Waals surface area contributed by atoms with Crippen molar-refractivity contribution in [1.82, 2.24) is 9.97 Å². The third-order valence-corrected chi connectivity index (χ3v) is 8.45. The standard InChI is InChI=1S/C44H30N2/c1-4-14-31(15-5-1)38-28-39(32-16-6-2-7-17-32)30-40(29-38)36-22-12-20-34(26-36)35-21-13-23-37(27-35)44-45-42-25-11-10-24-41(42)43(46-44)33-18-8-3-9-19-33/h1-30H. The summed E-state index contributed by atoms with van der Waals surface area (Å²) in [6.45, 7) is 0. The van der Waals surface area contributed by atoms with Crippen molar-refractivity contribution in [2.75, 3.05) is 0 Å². The Bertz CT molecular complexity index is 2230. The lowest BCUT2D eigenvalue weighted by molar-refractivity contribution is 1.23. The predicted molar refractivity (Wildman–Crippen MR) is 192 cm³/mol. The van der Waals surface area contributed by atoms with Crippen molar-refractivity contribution in [3.63, 3.8) is 0 Å². The highest BCUT2D eigenvalue weighted by Gasteiger charge is 2.13. The molecule has 0 aliphatic rings. The molecule has 0 saturated heterocycles. The van der Waals surface area contributed by atoms with E-state index in [9.17, 15) is 0 Å². The van der Waals surface area contributed by atoms with Gasteiger partial charge in [0, 0.05) is 16.5 Å². The Morgan fingerprint density at radius 2 is 0.652 bits per heavy atom. The molecule has 0 radical (unpaired) electrons. The number of benzene rings is 7. The second-order valence-corrected chi connectivity index (χ2v) is 11.5. The van der Waals surface area contributed by atoms with E-state index in [0.29, 0.717) is 0 Å². The summed E-state index contributed by atoms with van der Waals surface area (Å²) >= 11 is 0. The first-order valence-corrected chi connectivity index (χ1v) is 15.6. The molecule has 2 nitrogen and oxygen atoms in total. The number of fused-ring (bicyclic) bond motifs is 1. The molecule has 216 valence electrons. The first-order chi connectivity index (χ1) is 22.8. The molecule has 0 atom stereocenters. The van der Waals surface area contributed by atoms with Crippen molar-refractivity contribution in [3.05, 3.63) is 182 Å². The van der Waals surface area contributed by atoms with E-state index < -0.39 is 0 Å². The van der Waals surface area contributed by atoms with Gasteiger partial charge in [0.25, 0.3) is 0 Å². The fraction of sp³-hybridized carbons (Fsp3) is 0. The van der Waals surface area contributed by atoms with Crippen molar-refractivity contribution in [1.29, 1.82) is 0 Å². The molecule has 0 bridgehead atoms. The van der Waals surface area contributed by atoms with Crippen molar-refractivity contribution in [2.24, 2.45) is 0 Å². The number of aromatic nitrogens is 2. The lowest BCUT2D eigenvalue weighted by atomic mass is 9.92. The Hall–Kier alpha value is -6.12. The van der Waals surface area contributed by atoms with E-state index in [1.165, 1.54) is 33.4 Å². The summed E-state index contributed by atoms with van der Waals surface area (Å²) in [6.07, 6.45) is 0. The van der Waals surface area contributed by atoms with Gasteiger partial charge in [-0.1, -0.05) is 146 Å². The highest BCUT2D eigenvalue weighted by molar-refractivity contribution is 5.93. The van der Waals surface area contributed by atoms with Crippen LogP contribution in [0, 0.1) is 0 Å². The lowest BCUT2D eigenvalue weighted by Crippen LogP contribution is -1.95. The first kappa shape index (κ1) is 27.4. The van der Waals surface area contributed by atoms with Crippen LogP contribution in [0.1, 0.15) is 0 Å². The average Bonchev–Trinajstić information content (AvgIpc) is 3.15. The van der Waals surface area contributed by atoms with Crippen LogP contribution in [-0.4, -0.2) is 9.97 Å². The topological polar surface area (TPSA) is 25.8 Å². The third-order valence-electron chi connectivity index (χ3n) is 8.45. The summed E-state index contributed by atoms with van der Waals surface area (Å²) < 4.78 is 0. The van der Waals surface area contributed by atoms with Gasteiger partial charge in [-0.25, -0.2) is 9.97 Å². The van der Waals surface area contributed by atoms with E-state index in [-0.39, 0.29) is 0 Å². The van der Waals surface area contributed by atoms with Crippen LogP contribution >= 0.6 is 0 Å². The Balaban J connectivity index is 1.21. The van der Waals surface area contributed by atoms with Gasteiger partial charge in [0.2, 0.25) is 0 Å². The maximum atomic E-state index is 5.11. The molecule has 0 spiro atoms. The number of para-hydroxylation sites is 1. The van der Waals surface area contributed by atoms with Gasteiger partial charge in [0.05, 0.1) is 11.2 Å². The van der Waals surface area contributed by atoms with Crippen molar-refractivity contribution in [2.45, 2.75) is 0 Å². The summed E-state index contributed by atoms with van der Waals surface area (Å²) in [7, 11) is 0. The lowest BCUT2D eigenvalue weighted by Gasteiger charge is -2.13. The van der Waals surface area contributed by atoms with E-state index in [4.69, 9.17) is 9.97 Å². The number of rotatable bonds is 6. The summed E-state index contributed by atoms with van der Waals surface area (Å²) in [4.78, 5) is 10.1. The van der Waals surface area contributed by atoms with Gasteiger partial charge in [-0.05, 0) is 80.9 Å². The Kier molecular flexibility index (Phi) is 7.22. The van der Waals surface area contributed by atoms with E-state index in [2.05, 4.69) is 164 Å². The maximum absolute atomic E-state index is 5.11. The predicted octanol–water partition coefficient (Wildman–Crippen LogP) is 11.6. The Morgan fingerprint density at radius 3 is 1.24 bits per heavy atom. The largest absolute Gasteiger partial charge is 0.228 e. The van der Waals surface area contributed by atoms with Gasteiger partial charge in [0.1, 0.15) is 0 Å². The number of hydrogen-bond acceptors (Lipinski definition) is 2. The molecule has 0 aliphatic heterocycles. The minimum Gasteiger partial charge on any atom is -0.228 e. The Morgan fingerprint density at radius 1 is 0.261 bits per heavy atom. The van der Waals surface area contributed by atoms with Crippen LogP contribution in [0.25, 0.3) is 78.1 Å². The molecule has 1 aromatic heterocycles. The van der Waals surface area contributed by atoms with Crippen molar-refractivity contribution in [3.8, 4) is 67.2 Å². The summed E-state index contributed by atoms with van der Waals surface area (Å²) in [5.74, 6) is 0.721. The van der Waals surface area contributed by atoms with Crippen LogP contribution in [0.15, 0.2) is 182 Å². The van der Waals surface area contributed by atoms with E-state index >= 15 is 0 Å². The fourth-order valence-electron chi connectivity index (χ4n) is 6.13. The molecule has 46 heavy (non-hydrogen) atoms. The van der Waals surface area contributed by atoms with Crippen LogP contribution in [0.4, 0.5) is 0 Å². The molecule has 8 aromatic rings. The third kappa shape index (κ3) is 5.49. The van der Waals surface area contributed by atoms with Gasteiger partial charge < -0.3 is 0 Å².